The summed E-state index contributed by atoms with van der Waals surface area (Å²) in [6, 6.07) is 10.2. The highest BCUT2D eigenvalue weighted by atomic mass is 35.5. The Morgan fingerprint density at radius 3 is 2.62 bits per heavy atom. The largest absolute Gasteiger partial charge is 0.507 e. The Morgan fingerprint density at radius 1 is 1.24 bits per heavy atom. The number of aliphatic hydroxyl groups is 1. The fourth-order valence-electron chi connectivity index (χ4n) is 2.17. The minimum atomic E-state index is -0.569. The second kappa shape index (κ2) is 6.61. The van der Waals surface area contributed by atoms with Crippen molar-refractivity contribution in [3.63, 3.8) is 0 Å². The summed E-state index contributed by atoms with van der Waals surface area (Å²) in [5.74, 6) is -0.598. The molecule has 0 aromatic heterocycles. The minimum Gasteiger partial charge on any atom is -0.507 e. The maximum atomic E-state index is 11.7. The van der Waals surface area contributed by atoms with Crippen LogP contribution in [0.5, 0.6) is 5.75 Å². The van der Waals surface area contributed by atoms with Gasteiger partial charge in [0.2, 0.25) is 0 Å². The number of phenolic OH excluding ortho intramolecular Hbond substituents is 1. The summed E-state index contributed by atoms with van der Waals surface area (Å²) in [4.78, 5) is 11.7. The number of carbonyl (C=O) groups is 1. The van der Waals surface area contributed by atoms with Gasteiger partial charge >= 0.3 is 5.97 Å². The van der Waals surface area contributed by atoms with Gasteiger partial charge in [0.1, 0.15) is 5.75 Å². The van der Waals surface area contributed by atoms with E-state index >= 15 is 0 Å². The van der Waals surface area contributed by atoms with E-state index in [4.69, 9.17) is 16.7 Å². The molecule has 110 valence electrons. The summed E-state index contributed by atoms with van der Waals surface area (Å²) in [6.07, 6.45) is 0.450. The van der Waals surface area contributed by atoms with E-state index in [1.54, 1.807) is 0 Å². The molecular formula is C16H15ClO4. The number of benzene rings is 2. The summed E-state index contributed by atoms with van der Waals surface area (Å²) < 4.78 is 4.68. The zero-order valence-corrected chi connectivity index (χ0v) is 12.2. The Balaban J connectivity index is 2.61. The highest BCUT2D eigenvalue weighted by Gasteiger charge is 2.17. The van der Waals surface area contributed by atoms with Gasteiger partial charge in [-0.2, -0.15) is 0 Å². The molecule has 21 heavy (non-hydrogen) atoms. The molecule has 0 saturated heterocycles. The van der Waals surface area contributed by atoms with Gasteiger partial charge in [0.15, 0.2) is 0 Å². The highest BCUT2D eigenvalue weighted by molar-refractivity contribution is 6.34. The predicted octanol–water partition coefficient (Wildman–Crippen LogP) is 3.03. The average Bonchev–Trinajstić information content (AvgIpc) is 2.48. The maximum absolute atomic E-state index is 11.7. The highest BCUT2D eigenvalue weighted by Crippen LogP contribution is 2.36. The smallest absolute Gasteiger partial charge is 0.339 e. The fraction of sp³-hybridized carbons (Fsp3) is 0.188. The topological polar surface area (TPSA) is 66.8 Å². The van der Waals surface area contributed by atoms with Crippen molar-refractivity contribution in [2.24, 2.45) is 0 Å². The molecule has 0 spiro atoms. The van der Waals surface area contributed by atoms with E-state index in [0.29, 0.717) is 12.0 Å². The minimum absolute atomic E-state index is 0.00474. The van der Waals surface area contributed by atoms with E-state index in [2.05, 4.69) is 4.74 Å². The van der Waals surface area contributed by atoms with Gasteiger partial charge in [0.25, 0.3) is 0 Å². The Hall–Kier alpha value is -2.04. The van der Waals surface area contributed by atoms with E-state index in [1.165, 1.54) is 19.2 Å². The van der Waals surface area contributed by atoms with Crippen LogP contribution >= 0.6 is 11.6 Å². The molecule has 0 unspecified atom stereocenters. The number of aliphatic hydroxyl groups excluding tert-OH is 1. The Kier molecular flexibility index (Phi) is 4.83. The van der Waals surface area contributed by atoms with Crippen LogP contribution in [0.3, 0.4) is 0 Å². The van der Waals surface area contributed by atoms with Crippen molar-refractivity contribution in [1.29, 1.82) is 0 Å². The molecule has 2 aromatic carbocycles. The molecule has 5 heteroatoms. The second-order valence-corrected chi connectivity index (χ2v) is 4.88. The summed E-state index contributed by atoms with van der Waals surface area (Å²) in [6.45, 7) is -0.00474. The number of esters is 1. The number of carbonyl (C=O) groups excluding carboxylic acids is 1. The molecule has 0 amide bonds. The summed E-state index contributed by atoms with van der Waals surface area (Å²) >= 11 is 5.96. The van der Waals surface area contributed by atoms with Gasteiger partial charge in [-0.3, -0.25) is 0 Å². The molecular weight excluding hydrogens is 292 g/mol. The number of rotatable bonds is 4. The lowest BCUT2D eigenvalue weighted by molar-refractivity contribution is 0.0601. The van der Waals surface area contributed by atoms with Crippen molar-refractivity contribution in [3.05, 3.63) is 52.5 Å². The van der Waals surface area contributed by atoms with Crippen molar-refractivity contribution >= 4 is 17.6 Å². The fourth-order valence-corrected chi connectivity index (χ4v) is 2.40. The van der Waals surface area contributed by atoms with Gasteiger partial charge < -0.3 is 14.9 Å². The van der Waals surface area contributed by atoms with Crippen molar-refractivity contribution in [3.8, 4) is 16.9 Å². The van der Waals surface area contributed by atoms with Crippen LogP contribution < -0.4 is 0 Å². The first-order chi connectivity index (χ1) is 10.1. The van der Waals surface area contributed by atoms with Crippen molar-refractivity contribution in [2.75, 3.05) is 13.7 Å². The third kappa shape index (κ3) is 3.17. The van der Waals surface area contributed by atoms with Crippen molar-refractivity contribution < 1.29 is 19.7 Å². The van der Waals surface area contributed by atoms with Crippen LogP contribution in [0.4, 0.5) is 0 Å². The van der Waals surface area contributed by atoms with Gasteiger partial charge in [-0.1, -0.05) is 35.9 Å². The predicted molar refractivity (Wildman–Crippen MR) is 80.7 cm³/mol. The van der Waals surface area contributed by atoms with Crippen LogP contribution in [-0.4, -0.2) is 29.9 Å². The summed E-state index contributed by atoms with van der Waals surface area (Å²) in [5, 5.41) is 19.4. The van der Waals surface area contributed by atoms with Crippen LogP contribution in [0, 0.1) is 0 Å². The van der Waals surface area contributed by atoms with Crippen molar-refractivity contribution in [1.82, 2.24) is 0 Å². The molecule has 4 nitrogen and oxygen atoms in total. The number of methoxy groups -OCH3 is 1. The first-order valence-corrected chi connectivity index (χ1v) is 6.76. The van der Waals surface area contributed by atoms with Crippen LogP contribution in [0.1, 0.15) is 15.9 Å². The molecule has 2 aromatic rings. The van der Waals surface area contributed by atoms with E-state index in [1.807, 2.05) is 24.3 Å². The first-order valence-electron chi connectivity index (χ1n) is 6.38. The van der Waals surface area contributed by atoms with Crippen LogP contribution in [0.25, 0.3) is 11.1 Å². The number of hydrogen-bond acceptors (Lipinski definition) is 4. The number of aromatic hydroxyl groups is 1. The van der Waals surface area contributed by atoms with E-state index in [-0.39, 0.29) is 22.9 Å². The average molecular weight is 307 g/mol. The number of hydrogen-bond donors (Lipinski definition) is 2. The zero-order valence-electron chi connectivity index (χ0n) is 11.5. The molecule has 0 atom stereocenters. The van der Waals surface area contributed by atoms with E-state index in [0.717, 1.165) is 11.1 Å². The molecule has 0 radical (unpaired) electrons. The van der Waals surface area contributed by atoms with Crippen LogP contribution in [-0.2, 0) is 11.2 Å². The molecule has 2 rings (SSSR count). The van der Waals surface area contributed by atoms with Crippen LogP contribution in [0.2, 0.25) is 5.02 Å². The van der Waals surface area contributed by atoms with Gasteiger partial charge in [0.05, 0.1) is 17.7 Å². The molecule has 0 saturated carbocycles. The number of ether oxygens (including phenoxy) is 1. The molecule has 0 aliphatic rings. The summed E-state index contributed by atoms with van der Waals surface area (Å²) in [7, 11) is 1.27. The second-order valence-electron chi connectivity index (χ2n) is 4.47. The van der Waals surface area contributed by atoms with E-state index in [9.17, 15) is 9.90 Å². The number of phenols is 1. The Bertz CT molecular complexity index is 667. The molecule has 0 aliphatic heterocycles. The molecule has 0 bridgehead atoms. The lowest BCUT2D eigenvalue weighted by Crippen LogP contribution is -2.03. The molecule has 0 heterocycles. The number of halogens is 1. The van der Waals surface area contributed by atoms with Gasteiger partial charge in [0, 0.05) is 18.2 Å². The van der Waals surface area contributed by atoms with Crippen molar-refractivity contribution in [2.45, 2.75) is 6.42 Å². The van der Waals surface area contributed by atoms with Gasteiger partial charge in [-0.25, -0.2) is 4.79 Å². The van der Waals surface area contributed by atoms with Gasteiger partial charge in [-0.15, -0.1) is 0 Å². The summed E-state index contributed by atoms with van der Waals surface area (Å²) in [5.41, 5.74) is 2.27. The molecule has 2 N–H and O–H groups in total. The third-order valence-corrected chi connectivity index (χ3v) is 3.49. The Labute approximate surface area is 127 Å². The lowest BCUT2D eigenvalue weighted by Gasteiger charge is -2.12. The lowest BCUT2D eigenvalue weighted by atomic mass is 9.95. The quantitative estimate of drug-likeness (QED) is 0.852. The zero-order chi connectivity index (χ0) is 15.4. The first kappa shape index (κ1) is 15.4. The van der Waals surface area contributed by atoms with Crippen LogP contribution in [0.15, 0.2) is 36.4 Å². The maximum Gasteiger partial charge on any atom is 0.339 e. The third-order valence-electron chi connectivity index (χ3n) is 3.18. The van der Waals surface area contributed by atoms with E-state index < -0.39 is 5.97 Å². The SMILES string of the molecule is COC(=O)c1cc(-c2ccccc2CCO)c(O)cc1Cl. The monoisotopic (exact) mass is 306 g/mol. The van der Waals surface area contributed by atoms with Gasteiger partial charge in [-0.05, 0) is 23.6 Å². The molecule has 0 aliphatic carbocycles. The normalized spacial score (nSPS) is 10.4. The Morgan fingerprint density at radius 2 is 1.95 bits per heavy atom. The standard InChI is InChI=1S/C16H15ClO4/c1-21-16(20)13-8-12(15(19)9-14(13)17)11-5-3-2-4-10(11)6-7-18/h2-5,8-9,18-19H,6-7H2,1H3. The molecule has 0 fully saturated rings.